The number of benzene rings is 1. The van der Waals surface area contributed by atoms with E-state index in [1.165, 1.54) is 12.3 Å². The van der Waals surface area contributed by atoms with Gasteiger partial charge in [0.1, 0.15) is 6.20 Å². The SMILES string of the molecule is Cc1cccc(S(=O)(=O)n2cc[c]n2)c1. The zero-order chi connectivity index (χ0) is 10.9. The highest BCUT2D eigenvalue weighted by molar-refractivity contribution is 7.89. The molecule has 5 heteroatoms. The van der Waals surface area contributed by atoms with E-state index in [9.17, 15) is 8.42 Å². The maximum Gasteiger partial charge on any atom is 0.282 e. The average molecular weight is 221 g/mol. The highest BCUT2D eigenvalue weighted by Crippen LogP contribution is 2.13. The fraction of sp³-hybridized carbons (Fsp3) is 0.100. The number of rotatable bonds is 2. The molecule has 2 rings (SSSR count). The van der Waals surface area contributed by atoms with Gasteiger partial charge in [0, 0.05) is 6.20 Å². The predicted octanol–water partition coefficient (Wildman–Crippen LogP) is 1.23. The lowest BCUT2D eigenvalue weighted by Crippen LogP contribution is -2.13. The van der Waals surface area contributed by atoms with Gasteiger partial charge in [0.2, 0.25) is 0 Å². The molecule has 15 heavy (non-hydrogen) atoms. The van der Waals surface area contributed by atoms with Crippen molar-refractivity contribution in [3.63, 3.8) is 0 Å². The summed E-state index contributed by atoms with van der Waals surface area (Å²) in [5.74, 6) is 0. The van der Waals surface area contributed by atoms with Crippen LogP contribution in [0.15, 0.2) is 41.4 Å². The highest BCUT2D eigenvalue weighted by atomic mass is 32.2. The molecule has 0 spiro atoms. The summed E-state index contributed by atoms with van der Waals surface area (Å²) in [6.07, 6.45) is 3.81. The lowest BCUT2D eigenvalue weighted by atomic mass is 10.2. The van der Waals surface area contributed by atoms with E-state index >= 15 is 0 Å². The molecule has 2 aromatic rings. The summed E-state index contributed by atoms with van der Waals surface area (Å²) in [5, 5.41) is 3.60. The first-order chi connectivity index (χ1) is 7.10. The molecule has 0 atom stereocenters. The van der Waals surface area contributed by atoms with E-state index in [0.29, 0.717) is 0 Å². The van der Waals surface area contributed by atoms with Crippen LogP contribution >= 0.6 is 0 Å². The lowest BCUT2D eigenvalue weighted by Gasteiger charge is -2.04. The molecule has 1 heterocycles. The van der Waals surface area contributed by atoms with Crippen LogP contribution in [0.25, 0.3) is 0 Å². The molecule has 1 radical (unpaired) electrons. The molecule has 0 amide bonds. The molecule has 0 aliphatic carbocycles. The van der Waals surface area contributed by atoms with Gasteiger partial charge >= 0.3 is 0 Å². The minimum absolute atomic E-state index is 0.236. The van der Waals surface area contributed by atoms with Gasteiger partial charge in [-0.15, -0.1) is 0 Å². The third-order valence-corrected chi connectivity index (χ3v) is 3.51. The minimum atomic E-state index is -3.54. The summed E-state index contributed by atoms with van der Waals surface area (Å²) in [5.41, 5.74) is 0.896. The molecule has 0 aliphatic rings. The van der Waals surface area contributed by atoms with E-state index < -0.39 is 10.0 Å². The Morgan fingerprint density at radius 1 is 1.40 bits per heavy atom. The van der Waals surface area contributed by atoms with Crippen LogP contribution in [0, 0.1) is 13.1 Å². The van der Waals surface area contributed by atoms with Crippen molar-refractivity contribution in [3.05, 3.63) is 48.3 Å². The normalized spacial score (nSPS) is 11.5. The molecule has 0 aliphatic heterocycles. The Balaban J connectivity index is 2.57. The second kappa shape index (κ2) is 3.51. The summed E-state index contributed by atoms with van der Waals surface area (Å²) in [6.45, 7) is 1.84. The maximum atomic E-state index is 11.9. The second-order valence-corrected chi connectivity index (χ2v) is 4.93. The van der Waals surface area contributed by atoms with E-state index in [2.05, 4.69) is 11.3 Å². The smallest absolute Gasteiger partial charge is 0.199 e. The van der Waals surface area contributed by atoms with E-state index in [1.807, 2.05) is 13.0 Å². The van der Waals surface area contributed by atoms with Crippen molar-refractivity contribution in [2.45, 2.75) is 11.8 Å². The van der Waals surface area contributed by atoms with Gasteiger partial charge in [-0.3, -0.25) is 0 Å². The van der Waals surface area contributed by atoms with Crippen molar-refractivity contribution in [1.82, 2.24) is 9.19 Å². The summed E-state index contributed by atoms with van der Waals surface area (Å²) < 4.78 is 24.8. The number of hydrogen-bond donors (Lipinski definition) is 0. The Hall–Kier alpha value is -1.62. The standard InChI is InChI=1S/C10H9N2O2S/c1-9-4-2-5-10(8-9)15(13,14)12-7-3-6-11-12/h2-5,7-8H,1H3. The first-order valence-corrected chi connectivity index (χ1v) is 5.79. The zero-order valence-corrected chi connectivity index (χ0v) is 8.90. The summed E-state index contributed by atoms with van der Waals surface area (Å²) >= 11 is 0. The first kappa shape index (κ1) is 9.92. The molecule has 77 valence electrons. The van der Waals surface area contributed by atoms with Gasteiger partial charge in [-0.2, -0.15) is 17.6 Å². The Morgan fingerprint density at radius 2 is 2.20 bits per heavy atom. The van der Waals surface area contributed by atoms with Gasteiger partial charge in [-0.05, 0) is 30.7 Å². The van der Waals surface area contributed by atoms with Crippen molar-refractivity contribution in [1.29, 1.82) is 0 Å². The van der Waals surface area contributed by atoms with E-state index in [1.54, 1.807) is 18.2 Å². The zero-order valence-electron chi connectivity index (χ0n) is 8.08. The number of nitrogens with zero attached hydrogens (tertiary/aromatic N) is 2. The summed E-state index contributed by atoms with van der Waals surface area (Å²) in [7, 11) is -3.54. The molecular formula is C10H9N2O2S. The Kier molecular flexibility index (Phi) is 2.32. The van der Waals surface area contributed by atoms with Gasteiger partial charge in [0.05, 0.1) is 4.90 Å². The van der Waals surface area contributed by atoms with Crippen molar-refractivity contribution in [2.75, 3.05) is 0 Å². The molecule has 4 nitrogen and oxygen atoms in total. The molecule has 0 unspecified atom stereocenters. The molecule has 0 N–H and O–H groups in total. The van der Waals surface area contributed by atoms with Crippen molar-refractivity contribution < 1.29 is 8.42 Å². The summed E-state index contributed by atoms with van der Waals surface area (Å²) in [4.78, 5) is 0.236. The van der Waals surface area contributed by atoms with Gasteiger partial charge in [0.15, 0.2) is 0 Å². The molecule has 0 bridgehead atoms. The van der Waals surface area contributed by atoms with E-state index in [0.717, 1.165) is 9.65 Å². The van der Waals surface area contributed by atoms with Crippen LogP contribution in [0.5, 0.6) is 0 Å². The van der Waals surface area contributed by atoms with Crippen LogP contribution in [0.4, 0.5) is 0 Å². The van der Waals surface area contributed by atoms with Crippen LogP contribution in [0.1, 0.15) is 5.56 Å². The first-order valence-electron chi connectivity index (χ1n) is 4.35. The van der Waals surface area contributed by atoms with Crippen LogP contribution in [0.2, 0.25) is 0 Å². The number of aryl methyl sites for hydroxylation is 1. The molecule has 0 saturated heterocycles. The van der Waals surface area contributed by atoms with E-state index in [-0.39, 0.29) is 4.90 Å². The topological polar surface area (TPSA) is 52.0 Å². The van der Waals surface area contributed by atoms with Crippen LogP contribution < -0.4 is 0 Å². The van der Waals surface area contributed by atoms with E-state index in [4.69, 9.17) is 0 Å². The Bertz CT molecular complexity index is 559. The van der Waals surface area contributed by atoms with Gasteiger partial charge in [-0.1, -0.05) is 12.1 Å². The minimum Gasteiger partial charge on any atom is -0.199 e. The second-order valence-electron chi connectivity index (χ2n) is 3.14. The van der Waals surface area contributed by atoms with Gasteiger partial charge in [-0.25, -0.2) is 0 Å². The van der Waals surface area contributed by atoms with Crippen molar-refractivity contribution in [2.24, 2.45) is 0 Å². The predicted molar refractivity (Wildman–Crippen MR) is 54.8 cm³/mol. The molecule has 1 aromatic carbocycles. The number of aromatic nitrogens is 2. The average Bonchev–Trinajstić information content (AvgIpc) is 2.71. The third-order valence-electron chi connectivity index (χ3n) is 1.97. The van der Waals surface area contributed by atoms with Crippen molar-refractivity contribution in [3.8, 4) is 0 Å². The van der Waals surface area contributed by atoms with Crippen LogP contribution in [0.3, 0.4) is 0 Å². The molecular weight excluding hydrogens is 212 g/mol. The largest absolute Gasteiger partial charge is 0.282 e. The monoisotopic (exact) mass is 221 g/mol. The summed E-state index contributed by atoms with van der Waals surface area (Å²) in [6, 6.07) is 8.15. The fourth-order valence-electron chi connectivity index (χ4n) is 1.24. The Labute approximate surface area is 88.2 Å². The van der Waals surface area contributed by atoms with Crippen molar-refractivity contribution >= 4 is 10.0 Å². The third kappa shape index (κ3) is 1.78. The molecule has 0 fully saturated rings. The molecule has 1 aromatic heterocycles. The van der Waals surface area contributed by atoms with Gasteiger partial charge in [0.25, 0.3) is 10.0 Å². The molecule has 0 saturated carbocycles. The quantitative estimate of drug-likeness (QED) is 0.766. The Morgan fingerprint density at radius 3 is 2.80 bits per heavy atom. The van der Waals surface area contributed by atoms with Gasteiger partial charge < -0.3 is 0 Å². The highest BCUT2D eigenvalue weighted by Gasteiger charge is 2.16. The number of hydrogen-bond acceptors (Lipinski definition) is 3. The fourth-order valence-corrected chi connectivity index (χ4v) is 2.42. The lowest BCUT2D eigenvalue weighted by molar-refractivity contribution is 0.580. The van der Waals surface area contributed by atoms with Crippen LogP contribution in [-0.4, -0.2) is 17.6 Å². The maximum absolute atomic E-state index is 11.9. The van der Waals surface area contributed by atoms with Crippen LogP contribution in [-0.2, 0) is 10.0 Å².